The fourth-order valence-electron chi connectivity index (χ4n) is 2.69. The zero-order valence-corrected chi connectivity index (χ0v) is 13.2. The maximum Gasteiger partial charge on any atom is 0.332 e. The van der Waals surface area contributed by atoms with Crippen molar-refractivity contribution in [2.45, 2.75) is 12.6 Å². The molecule has 1 unspecified atom stereocenters. The molecule has 8 nitrogen and oxygen atoms in total. The topological polar surface area (TPSA) is 106 Å². The largest absolute Gasteiger partial charge is 0.369 e. The Labute approximate surface area is 136 Å². The third kappa shape index (κ3) is 2.23. The number of aliphatic hydroxyl groups excluding tert-OH is 1. The first-order valence-electron chi connectivity index (χ1n) is 7.24. The van der Waals surface area contributed by atoms with E-state index >= 15 is 0 Å². The summed E-state index contributed by atoms with van der Waals surface area (Å²) < 4.78 is 3.50. The Morgan fingerprint density at radius 1 is 1.21 bits per heavy atom. The summed E-state index contributed by atoms with van der Waals surface area (Å²) in [6, 6.07) is 10.7. The second-order valence-corrected chi connectivity index (χ2v) is 5.40. The van der Waals surface area contributed by atoms with Gasteiger partial charge in [0.2, 0.25) is 0 Å². The van der Waals surface area contributed by atoms with Gasteiger partial charge in [-0.3, -0.25) is 18.5 Å². The maximum atomic E-state index is 12.6. The molecule has 2 heterocycles. The molecule has 3 aromatic rings. The number of hydrogen-bond acceptors (Lipinski definition) is 5. The Morgan fingerprint density at radius 2 is 1.88 bits per heavy atom. The number of rotatable bonds is 3. The van der Waals surface area contributed by atoms with Gasteiger partial charge in [0.25, 0.3) is 5.56 Å². The third-order valence-corrected chi connectivity index (χ3v) is 3.94. The lowest BCUT2D eigenvalue weighted by atomic mass is 10.2. The summed E-state index contributed by atoms with van der Waals surface area (Å²) in [5, 5.41) is 19.8. The first-order valence-corrected chi connectivity index (χ1v) is 7.24. The van der Waals surface area contributed by atoms with Gasteiger partial charge in [-0.15, -0.1) is 0 Å². The van der Waals surface area contributed by atoms with Crippen molar-refractivity contribution < 1.29 is 5.11 Å². The van der Waals surface area contributed by atoms with Gasteiger partial charge in [-0.1, -0.05) is 30.3 Å². The van der Waals surface area contributed by atoms with Gasteiger partial charge in [0.1, 0.15) is 5.82 Å². The smallest absolute Gasteiger partial charge is 0.332 e. The summed E-state index contributed by atoms with van der Waals surface area (Å²) in [5.74, 6) is 0.224. The normalized spacial score (nSPS) is 12.2. The fourth-order valence-corrected chi connectivity index (χ4v) is 2.69. The molecule has 0 saturated carbocycles. The Balaban J connectivity index is 2.42. The molecule has 2 aromatic heterocycles. The van der Waals surface area contributed by atoms with Crippen LogP contribution < -0.4 is 11.2 Å². The highest BCUT2D eigenvalue weighted by Crippen LogP contribution is 2.22. The second kappa shape index (κ2) is 5.79. The summed E-state index contributed by atoms with van der Waals surface area (Å²) in [6.45, 7) is 0. The number of nitrogens with zero attached hydrogens (tertiary/aromatic N) is 5. The quantitative estimate of drug-likeness (QED) is 0.732. The van der Waals surface area contributed by atoms with Crippen LogP contribution in [0.3, 0.4) is 0 Å². The van der Waals surface area contributed by atoms with Crippen LogP contribution in [0.1, 0.15) is 17.6 Å². The lowest BCUT2D eigenvalue weighted by molar-refractivity contribution is 0.147. The molecular weight excluding hydrogens is 310 g/mol. The molecular formula is C16H15N5O3. The number of aliphatic hydroxyl groups is 1. The van der Waals surface area contributed by atoms with Gasteiger partial charge in [0, 0.05) is 19.7 Å². The number of fused-ring (bicyclic) bond motifs is 1. The maximum absolute atomic E-state index is 12.6. The molecule has 3 rings (SSSR count). The average Bonchev–Trinajstić information content (AvgIpc) is 2.98. The summed E-state index contributed by atoms with van der Waals surface area (Å²) in [4.78, 5) is 28.9. The zero-order valence-electron chi connectivity index (χ0n) is 13.2. The predicted molar refractivity (Wildman–Crippen MR) is 86.3 cm³/mol. The number of imidazole rings is 1. The van der Waals surface area contributed by atoms with Crippen molar-refractivity contribution in [2.24, 2.45) is 14.1 Å². The molecule has 0 spiro atoms. The van der Waals surface area contributed by atoms with E-state index in [1.165, 1.54) is 23.2 Å². The monoisotopic (exact) mass is 325 g/mol. The van der Waals surface area contributed by atoms with E-state index < -0.39 is 17.5 Å². The van der Waals surface area contributed by atoms with Gasteiger partial charge >= 0.3 is 5.69 Å². The van der Waals surface area contributed by atoms with Crippen LogP contribution in [0.15, 0.2) is 39.9 Å². The van der Waals surface area contributed by atoms with Crippen LogP contribution in [0, 0.1) is 11.3 Å². The Bertz CT molecular complexity index is 1070. The standard InChI is InChI=1S/C16H15N5O3/c1-19-13-12(15(23)20(2)16(19)24)21(11(18-13)8-9-17)14(22)10-6-4-3-5-7-10/h3-7,14,22H,8H2,1-2H3. The Morgan fingerprint density at radius 3 is 2.50 bits per heavy atom. The minimum absolute atomic E-state index is 0.0844. The van der Waals surface area contributed by atoms with Crippen LogP contribution in [0.4, 0.5) is 0 Å². The number of benzene rings is 1. The summed E-state index contributed by atoms with van der Waals surface area (Å²) >= 11 is 0. The minimum atomic E-state index is -1.19. The molecule has 0 saturated heterocycles. The van der Waals surface area contributed by atoms with E-state index in [0.29, 0.717) is 5.56 Å². The van der Waals surface area contributed by atoms with Crippen molar-refractivity contribution in [3.8, 4) is 6.07 Å². The first-order chi connectivity index (χ1) is 11.5. The van der Waals surface area contributed by atoms with Crippen LogP contribution >= 0.6 is 0 Å². The molecule has 0 aliphatic carbocycles. The summed E-state index contributed by atoms with van der Waals surface area (Å²) in [5.41, 5.74) is -0.314. The average molecular weight is 325 g/mol. The summed E-state index contributed by atoms with van der Waals surface area (Å²) in [7, 11) is 2.85. The highest BCUT2D eigenvalue weighted by atomic mass is 16.3. The lowest BCUT2D eigenvalue weighted by Crippen LogP contribution is -2.37. The van der Waals surface area contributed by atoms with E-state index in [4.69, 9.17) is 5.26 Å². The molecule has 0 bridgehead atoms. The van der Waals surface area contributed by atoms with Crippen molar-refractivity contribution in [3.05, 3.63) is 62.6 Å². The molecule has 0 radical (unpaired) electrons. The van der Waals surface area contributed by atoms with E-state index in [1.54, 1.807) is 30.3 Å². The van der Waals surface area contributed by atoms with E-state index in [0.717, 1.165) is 4.57 Å². The zero-order chi connectivity index (χ0) is 17.4. The Kier molecular flexibility index (Phi) is 3.79. The SMILES string of the molecule is Cn1c(=O)c2c(nc(CC#N)n2C(O)c2ccccc2)n(C)c1=O. The van der Waals surface area contributed by atoms with Gasteiger partial charge in [0.05, 0.1) is 12.5 Å². The van der Waals surface area contributed by atoms with Crippen molar-refractivity contribution >= 4 is 11.2 Å². The van der Waals surface area contributed by atoms with Crippen LogP contribution in [0.5, 0.6) is 0 Å². The van der Waals surface area contributed by atoms with E-state index in [1.807, 2.05) is 6.07 Å². The van der Waals surface area contributed by atoms with Gasteiger partial charge in [-0.2, -0.15) is 5.26 Å². The van der Waals surface area contributed by atoms with Gasteiger partial charge in [0.15, 0.2) is 17.4 Å². The minimum Gasteiger partial charge on any atom is -0.369 e. The fraction of sp³-hybridized carbons (Fsp3) is 0.250. The van der Waals surface area contributed by atoms with Gasteiger partial charge in [-0.25, -0.2) is 9.78 Å². The van der Waals surface area contributed by atoms with Crippen molar-refractivity contribution in [3.63, 3.8) is 0 Å². The van der Waals surface area contributed by atoms with Gasteiger partial charge in [-0.05, 0) is 0 Å². The number of hydrogen-bond donors (Lipinski definition) is 1. The first kappa shape index (κ1) is 15.7. The van der Waals surface area contributed by atoms with Gasteiger partial charge < -0.3 is 5.11 Å². The van der Waals surface area contributed by atoms with Crippen LogP contribution in [0.25, 0.3) is 11.2 Å². The highest BCUT2D eigenvalue weighted by molar-refractivity contribution is 5.71. The molecule has 0 fully saturated rings. The number of nitriles is 1. The van der Waals surface area contributed by atoms with E-state index in [-0.39, 0.29) is 23.4 Å². The molecule has 0 aliphatic heterocycles. The molecule has 1 aromatic carbocycles. The predicted octanol–water partition coefficient (Wildman–Crippen LogP) is 0.0390. The van der Waals surface area contributed by atoms with Crippen molar-refractivity contribution in [1.29, 1.82) is 5.26 Å². The van der Waals surface area contributed by atoms with E-state index in [9.17, 15) is 14.7 Å². The van der Waals surface area contributed by atoms with E-state index in [2.05, 4.69) is 4.98 Å². The Hall–Kier alpha value is -3.18. The number of aryl methyl sites for hydroxylation is 1. The van der Waals surface area contributed by atoms with Crippen molar-refractivity contribution in [2.75, 3.05) is 0 Å². The van der Waals surface area contributed by atoms with Crippen molar-refractivity contribution in [1.82, 2.24) is 18.7 Å². The second-order valence-electron chi connectivity index (χ2n) is 5.40. The highest BCUT2D eigenvalue weighted by Gasteiger charge is 2.23. The van der Waals surface area contributed by atoms with Crippen LogP contribution in [0.2, 0.25) is 0 Å². The third-order valence-electron chi connectivity index (χ3n) is 3.94. The molecule has 122 valence electrons. The number of aromatic nitrogens is 4. The van der Waals surface area contributed by atoms with Crippen LogP contribution in [-0.4, -0.2) is 23.8 Å². The molecule has 24 heavy (non-hydrogen) atoms. The van der Waals surface area contributed by atoms with Crippen LogP contribution in [-0.2, 0) is 20.5 Å². The lowest BCUT2D eigenvalue weighted by Gasteiger charge is -2.16. The summed E-state index contributed by atoms with van der Waals surface area (Å²) in [6.07, 6.45) is -1.29. The molecule has 8 heteroatoms. The molecule has 0 aliphatic rings. The molecule has 1 N–H and O–H groups in total. The molecule has 1 atom stereocenters. The molecule has 0 amide bonds.